The van der Waals surface area contributed by atoms with Crippen molar-refractivity contribution >= 4 is 28.6 Å². The van der Waals surface area contributed by atoms with Crippen LogP contribution in [0.15, 0.2) is 52.8 Å². The molecule has 0 saturated heterocycles. The molecule has 0 saturated carbocycles. The van der Waals surface area contributed by atoms with Gasteiger partial charge in [-0.15, -0.1) is 11.3 Å². The van der Waals surface area contributed by atoms with E-state index < -0.39 is 0 Å². The average Bonchev–Trinajstić information content (AvgIpc) is 3.22. The van der Waals surface area contributed by atoms with Crippen LogP contribution in [0.4, 0.5) is 0 Å². The molecular formula is C14H13N3OS2. The van der Waals surface area contributed by atoms with Gasteiger partial charge in [0.2, 0.25) is 0 Å². The summed E-state index contributed by atoms with van der Waals surface area (Å²) >= 11 is 3.19. The van der Waals surface area contributed by atoms with Crippen LogP contribution in [0.2, 0.25) is 0 Å². The lowest BCUT2D eigenvalue weighted by atomic mass is 10.2. The molecule has 3 rings (SSSR count). The van der Waals surface area contributed by atoms with Crippen molar-refractivity contribution in [2.45, 2.75) is 6.04 Å². The molecule has 4 nitrogen and oxygen atoms in total. The molecule has 20 heavy (non-hydrogen) atoms. The van der Waals surface area contributed by atoms with Crippen LogP contribution >= 0.6 is 22.7 Å². The zero-order chi connectivity index (χ0) is 13.8. The van der Waals surface area contributed by atoms with E-state index in [1.807, 2.05) is 45.2 Å². The molecule has 1 atom stereocenters. The van der Waals surface area contributed by atoms with E-state index in [-0.39, 0.29) is 11.9 Å². The fourth-order valence-electron chi connectivity index (χ4n) is 1.96. The van der Waals surface area contributed by atoms with Crippen LogP contribution in [0.25, 0.3) is 0 Å². The Morgan fingerprint density at radius 3 is 2.95 bits per heavy atom. The van der Waals surface area contributed by atoms with E-state index in [9.17, 15) is 4.79 Å². The summed E-state index contributed by atoms with van der Waals surface area (Å²) in [5.41, 5.74) is 0.709. The predicted molar refractivity (Wildman–Crippen MR) is 81.3 cm³/mol. The minimum absolute atomic E-state index is 0.0348. The van der Waals surface area contributed by atoms with Crippen LogP contribution in [0, 0.1) is 0 Å². The molecule has 6 heteroatoms. The Morgan fingerprint density at radius 1 is 1.35 bits per heavy atom. The number of nitrogens with zero attached hydrogens (tertiary/aromatic N) is 2. The number of amides is 1. The maximum Gasteiger partial charge on any atom is 0.252 e. The Hall–Kier alpha value is -1.92. The van der Waals surface area contributed by atoms with Crippen LogP contribution in [0.5, 0.6) is 0 Å². The van der Waals surface area contributed by atoms with Crippen LogP contribution in [0.1, 0.15) is 21.3 Å². The van der Waals surface area contributed by atoms with Crippen molar-refractivity contribution in [2.24, 2.45) is 0 Å². The lowest BCUT2D eigenvalue weighted by molar-refractivity contribution is 0.0950. The van der Waals surface area contributed by atoms with Gasteiger partial charge in [-0.25, -0.2) is 0 Å². The molecule has 1 amide bonds. The van der Waals surface area contributed by atoms with Gasteiger partial charge in [-0.3, -0.25) is 9.48 Å². The highest BCUT2D eigenvalue weighted by Gasteiger charge is 2.16. The van der Waals surface area contributed by atoms with Gasteiger partial charge in [0, 0.05) is 34.8 Å². The summed E-state index contributed by atoms with van der Waals surface area (Å²) in [5, 5.41) is 13.0. The van der Waals surface area contributed by atoms with Crippen molar-refractivity contribution in [3.8, 4) is 0 Å². The number of thiophene rings is 2. The second kappa shape index (κ2) is 6.02. The first kappa shape index (κ1) is 13.1. The molecule has 0 aromatic carbocycles. The highest BCUT2D eigenvalue weighted by molar-refractivity contribution is 7.10. The van der Waals surface area contributed by atoms with Crippen molar-refractivity contribution < 1.29 is 4.79 Å². The normalized spacial score (nSPS) is 12.2. The number of hydrogen-bond acceptors (Lipinski definition) is 4. The number of carbonyl (C=O) groups excluding carboxylic acids is 1. The molecule has 0 radical (unpaired) electrons. The minimum Gasteiger partial charge on any atom is -0.349 e. The molecule has 3 aromatic rings. The quantitative estimate of drug-likeness (QED) is 0.787. The zero-order valence-corrected chi connectivity index (χ0v) is 12.2. The molecule has 1 N–H and O–H groups in total. The standard InChI is InChI=1S/C14H13N3OS2/c18-14(11-4-8-19-10-11)15-9-12(13-3-1-7-20-13)17-6-2-5-16-17/h1-8,10,12H,9H2,(H,15,18). The van der Waals surface area contributed by atoms with Gasteiger partial charge >= 0.3 is 0 Å². The van der Waals surface area contributed by atoms with E-state index in [0.717, 1.165) is 0 Å². The third-order valence-corrected chi connectivity index (χ3v) is 4.61. The van der Waals surface area contributed by atoms with E-state index in [4.69, 9.17) is 0 Å². The Kier molecular flexibility index (Phi) is 3.94. The lowest BCUT2D eigenvalue weighted by Crippen LogP contribution is -2.31. The monoisotopic (exact) mass is 303 g/mol. The molecule has 0 aliphatic rings. The van der Waals surface area contributed by atoms with E-state index in [1.165, 1.54) is 16.2 Å². The minimum atomic E-state index is -0.0417. The molecule has 1 unspecified atom stereocenters. The van der Waals surface area contributed by atoms with Gasteiger partial charge in [-0.05, 0) is 29.0 Å². The number of rotatable bonds is 5. The Balaban J connectivity index is 1.73. The second-order valence-corrected chi connectivity index (χ2v) is 6.00. The first-order chi connectivity index (χ1) is 9.84. The smallest absolute Gasteiger partial charge is 0.252 e. The SMILES string of the molecule is O=C(NCC(c1cccs1)n1cccn1)c1ccsc1. The maximum atomic E-state index is 12.0. The van der Waals surface area contributed by atoms with Gasteiger partial charge in [0.25, 0.3) is 5.91 Å². The molecular weight excluding hydrogens is 290 g/mol. The average molecular weight is 303 g/mol. The van der Waals surface area contributed by atoms with Crippen LogP contribution in [-0.2, 0) is 0 Å². The first-order valence-corrected chi connectivity index (χ1v) is 8.00. The van der Waals surface area contributed by atoms with E-state index in [1.54, 1.807) is 17.5 Å². The molecule has 0 fully saturated rings. The lowest BCUT2D eigenvalue weighted by Gasteiger charge is -2.16. The summed E-state index contributed by atoms with van der Waals surface area (Å²) < 4.78 is 1.87. The van der Waals surface area contributed by atoms with Crippen molar-refractivity contribution in [3.05, 3.63) is 63.2 Å². The molecule has 0 bridgehead atoms. The highest BCUT2D eigenvalue weighted by atomic mass is 32.1. The van der Waals surface area contributed by atoms with Crippen LogP contribution in [0.3, 0.4) is 0 Å². The van der Waals surface area contributed by atoms with Crippen molar-refractivity contribution in [1.29, 1.82) is 0 Å². The fourth-order valence-corrected chi connectivity index (χ4v) is 3.41. The van der Waals surface area contributed by atoms with Crippen LogP contribution < -0.4 is 5.32 Å². The Morgan fingerprint density at radius 2 is 2.30 bits per heavy atom. The summed E-state index contributed by atoms with van der Waals surface area (Å²) in [6, 6.07) is 7.83. The van der Waals surface area contributed by atoms with Crippen LogP contribution in [-0.4, -0.2) is 22.2 Å². The summed E-state index contributed by atoms with van der Waals surface area (Å²) in [5.74, 6) is -0.0417. The molecule has 0 aliphatic carbocycles. The van der Waals surface area contributed by atoms with Gasteiger partial charge in [-0.2, -0.15) is 16.4 Å². The molecule has 0 spiro atoms. The number of nitrogens with one attached hydrogen (secondary N) is 1. The number of hydrogen-bond donors (Lipinski definition) is 1. The van der Waals surface area contributed by atoms with Crippen molar-refractivity contribution in [1.82, 2.24) is 15.1 Å². The maximum absolute atomic E-state index is 12.0. The summed E-state index contributed by atoms with van der Waals surface area (Å²) in [6.07, 6.45) is 3.67. The largest absolute Gasteiger partial charge is 0.349 e. The zero-order valence-electron chi connectivity index (χ0n) is 10.6. The predicted octanol–water partition coefficient (Wildman–Crippen LogP) is 3.03. The van der Waals surface area contributed by atoms with Gasteiger partial charge in [0.15, 0.2) is 0 Å². The topological polar surface area (TPSA) is 46.9 Å². The molecule has 102 valence electrons. The van der Waals surface area contributed by atoms with Gasteiger partial charge in [0.05, 0.1) is 0 Å². The second-order valence-electron chi connectivity index (χ2n) is 4.24. The molecule has 3 aromatic heterocycles. The molecule has 0 aliphatic heterocycles. The molecule has 3 heterocycles. The van der Waals surface area contributed by atoms with E-state index >= 15 is 0 Å². The van der Waals surface area contributed by atoms with Gasteiger partial charge < -0.3 is 5.32 Å². The van der Waals surface area contributed by atoms with E-state index in [2.05, 4.69) is 16.5 Å². The number of carbonyl (C=O) groups is 1. The Bertz CT molecular complexity index is 610. The van der Waals surface area contributed by atoms with Gasteiger partial charge in [0.1, 0.15) is 6.04 Å². The third kappa shape index (κ3) is 2.81. The van der Waals surface area contributed by atoms with Crippen molar-refractivity contribution in [2.75, 3.05) is 6.54 Å². The summed E-state index contributed by atoms with van der Waals surface area (Å²) in [7, 11) is 0. The first-order valence-electron chi connectivity index (χ1n) is 6.17. The fraction of sp³-hybridized carbons (Fsp3) is 0.143. The Labute approximate surface area is 124 Å². The summed E-state index contributed by atoms with van der Waals surface area (Å²) in [4.78, 5) is 13.2. The van der Waals surface area contributed by atoms with Gasteiger partial charge in [-0.1, -0.05) is 6.07 Å². The highest BCUT2D eigenvalue weighted by Crippen LogP contribution is 2.22. The van der Waals surface area contributed by atoms with Crippen molar-refractivity contribution in [3.63, 3.8) is 0 Å². The van der Waals surface area contributed by atoms with E-state index in [0.29, 0.717) is 12.1 Å². The summed E-state index contributed by atoms with van der Waals surface area (Å²) in [6.45, 7) is 0.525. The number of aromatic nitrogens is 2. The third-order valence-electron chi connectivity index (χ3n) is 2.96.